The van der Waals surface area contributed by atoms with Gasteiger partial charge in [0.25, 0.3) is 5.89 Å². The Kier molecular flexibility index (Phi) is 3.09. The molecule has 0 N–H and O–H groups in total. The number of hydrogen-bond acceptors (Lipinski definition) is 5. The number of rotatable bonds is 3. The van der Waals surface area contributed by atoms with Crippen LogP contribution in [0.1, 0.15) is 0 Å². The van der Waals surface area contributed by atoms with Crippen LogP contribution in [0.4, 0.5) is 0 Å². The van der Waals surface area contributed by atoms with Crippen LogP contribution in [0, 0.1) is 0 Å². The summed E-state index contributed by atoms with van der Waals surface area (Å²) in [4.78, 5) is 4.06. The lowest BCUT2D eigenvalue weighted by Gasteiger charge is -2.05. The molecule has 0 aliphatic carbocycles. The van der Waals surface area contributed by atoms with Gasteiger partial charge in [-0.15, -0.1) is 0 Å². The lowest BCUT2D eigenvalue weighted by Crippen LogP contribution is -1.88. The zero-order valence-corrected chi connectivity index (χ0v) is 10.3. The third kappa shape index (κ3) is 2.16. The monoisotopic (exact) mass is 284 g/mol. The SMILES string of the molecule is COc1cc(OC)cc(-c2nc(Br)no2)c1. The maximum atomic E-state index is 5.14. The fourth-order valence-corrected chi connectivity index (χ4v) is 1.49. The Morgan fingerprint density at radius 1 is 1.12 bits per heavy atom. The molecule has 0 atom stereocenters. The Morgan fingerprint density at radius 3 is 2.19 bits per heavy atom. The molecule has 2 aromatic rings. The van der Waals surface area contributed by atoms with Gasteiger partial charge in [-0.2, -0.15) is 4.98 Å². The average molecular weight is 285 g/mol. The summed E-state index contributed by atoms with van der Waals surface area (Å²) in [6, 6.07) is 5.36. The molecule has 0 saturated carbocycles. The average Bonchev–Trinajstić information content (AvgIpc) is 2.75. The van der Waals surface area contributed by atoms with Crippen LogP contribution < -0.4 is 9.47 Å². The van der Waals surface area contributed by atoms with Crippen molar-refractivity contribution in [3.8, 4) is 23.0 Å². The number of benzene rings is 1. The largest absolute Gasteiger partial charge is 0.497 e. The van der Waals surface area contributed by atoms with E-state index in [4.69, 9.17) is 14.0 Å². The van der Waals surface area contributed by atoms with Crippen LogP contribution in [0.5, 0.6) is 11.5 Å². The first-order valence-electron chi connectivity index (χ1n) is 4.45. The lowest BCUT2D eigenvalue weighted by molar-refractivity contribution is 0.393. The summed E-state index contributed by atoms with van der Waals surface area (Å²) in [5, 5.41) is 3.65. The fourth-order valence-electron chi connectivity index (χ4n) is 1.25. The van der Waals surface area contributed by atoms with Crippen molar-refractivity contribution >= 4 is 15.9 Å². The summed E-state index contributed by atoms with van der Waals surface area (Å²) < 4.78 is 15.7. The predicted molar refractivity (Wildman–Crippen MR) is 60.5 cm³/mol. The van der Waals surface area contributed by atoms with E-state index in [0.29, 0.717) is 22.1 Å². The second-order valence-electron chi connectivity index (χ2n) is 2.97. The molecule has 1 heterocycles. The minimum absolute atomic E-state index is 0.407. The molecule has 0 aliphatic rings. The van der Waals surface area contributed by atoms with Gasteiger partial charge in [-0.25, -0.2) is 0 Å². The van der Waals surface area contributed by atoms with Gasteiger partial charge in [0.1, 0.15) is 11.5 Å². The minimum Gasteiger partial charge on any atom is -0.497 e. The number of hydrogen-bond donors (Lipinski definition) is 0. The van der Waals surface area contributed by atoms with Gasteiger partial charge in [-0.05, 0) is 33.2 Å². The van der Waals surface area contributed by atoms with Crippen molar-refractivity contribution in [2.24, 2.45) is 0 Å². The van der Waals surface area contributed by atoms with E-state index < -0.39 is 0 Å². The molecule has 0 spiro atoms. The van der Waals surface area contributed by atoms with E-state index in [1.165, 1.54) is 0 Å². The molecule has 0 unspecified atom stereocenters. The molecular formula is C10H9BrN2O3. The first-order valence-corrected chi connectivity index (χ1v) is 5.25. The van der Waals surface area contributed by atoms with Gasteiger partial charge in [-0.3, -0.25) is 0 Å². The van der Waals surface area contributed by atoms with Crippen molar-refractivity contribution in [2.45, 2.75) is 0 Å². The Labute approximate surface area is 100 Å². The number of aromatic nitrogens is 2. The smallest absolute Gasteiger partial charge is 0.258 e. The highest BCUT2D eigenvalue weighted by Crippen LogP contribution is 2.29. The molecule has 1 aromatic heterocycles. The van der Waals surface area contributed by atoms with Crippen LogP contribution in [-0.2, 0) is 0 Å². The molecule has 84 valence electrons. The Bertz CT molecular complexity index is 476. The van der Waals surface area contributed by atoms with Crippen molar-refractivity contribution in [1.29, 1.82) is 0 Å². The van der Waals surface area contributed by atoms with Crippen molar-refractivity contribution in [3.63, 3.8) is 0 Å². The third-order valence-electron chi connectivity index (χ3n) is 2.00. The van der Waals surface area contributed by atoms with Crippen molar-refractivity contribution in [2.75, 3.05) is 14.2 Å². The van der Waals surface area contributed by atoms with Crippen molar-refractivity contribution in [3.05, 3.63) is 22.9 Å². The molecule has 16 heavy (non-hydrogen) atoms. The molecule has 5 nitrogen and oxygen atoms in total. The van der Waals surface area contributed by atoms with E-state index >= 15 is 0 Å². The number of ether oxygens (including phenoxy) is 2. The summed E-state index contributed by atoms with van der Waals surface area (Å²) >= 11 is 3.12. The highest BCUT2D eigenvalue weighted by Gasteiger charge is 2.10. The standard InChI is InChI=1S/C10H9BrN2O3/c1-14-7-3-6(4-8(5-7)15-2)9-12-10(11)13-16-9/h3-5H,1-2H3. The van der Waals surface area contributed by atoms with Crippen LogP contribution in [0.3, 0.4) is 0 Å². The summed E-state index contributed by atoms with van der Waals surface area (Å²) in [5.41, 5.74) is 0.745. The van der Waals surface area contributed by atoms with E-state index in [1.54, 1.807) is 32.4 Å². The molecule has 0 amide bonds. The second-order valence-corrected chi connectivity index (χ2v) is 3.68. The number of methoxy groups -OCH3 is 2. The lowest BCUT2D eigenvalue weighted by atomic mass is 10.2. The van der Waals surface area contributed by atoms with Crippen LogP contribution in [0.25, 0.3) is 11.5 Å². The normalized spacial score (nSPS) is 10.2. The molecule has 0 aliphatic heterocycles. The summed E-state index contributed by atoms with van der Waals surface area (Å²) in [7, 11) is 3.17. The molecule has 0 fully saturated rings. The zero-order chi connectivity index (χ0) is 11.5. The third-order valence-corrected chi connectivity index (χ3v) is 2.32. The molecular weight excluding hydrogens is 276 g/mol. The number of nitrogens with zero attached hydrogens (tertiary/aromatic N) is 2. The molecule has 0 saturated heterocycles. The molecule has 1 aromatic carbocycles. The van der Waals surface area contributed by atoms with Gasteiger partial charge in [-0.1, -0.05) is 0 Å². The van der Waals surface area contributed by atoms with Gasteiger partial charge in [0.2, 0.25) is 4.73 Å². The Balaban J connectivity index is 2.47. The van der Waals surface area contributed by atoms with Crippen molar-refractivity contribution in [1.82, 2.24) is 10.1 Å². The fraction of sp³-hybridized carbons (Fsp3) is 0.200. The van der Waals surface area contributed by atoms with E-state index in [9.17, 15) is 0 Å². The topological polar surface area (TPSA) is 57.4 Å². The van der Waals surface area contributed by atoms with Crippen LogP contribution in [-0.4, -0.2) is 24.4 Å². The summed E-state index contributed by atoms with van der Waals surface area (Å²) in [6.07, 6.45) is 0. The van der Waals surface area contributed by atoms with Gasteiger partial charge in [0, 0.05) is 11.6 Å². The van der Waals surface area contributed by atoms with E-state index in [2.05, 4.69) is 26.1 Å². The maximum absolute atomic E-state index is 5.14. The summed E-state index contributed by atoms with van der Waals surface area (Å²) in [5.74, 6) is 1.75. The molecule has 0 radical (unpaired) electrons. The molecule has 6 heteroatoms. The predicted octanol–water partition coefficient (Wildman–Crippen LogP) is 2.52. The van der Waals surface area contributed by atoms with Crippen LogP contribution >= 0.6 is 15.9 Å². The zero-order valence-electron chi connectivity index (χ0n) is 8.73. The number of halogens is 1. The van der Waals surface area contributed by atoms with Crippen LogP contribution in [0.15, 0.2) is 27.5 Å². The molecule has 0 bridgehead atoms. The first kappa shape index (κ1) is 10.9. The Morgan fingerprint density at radius 2 is 1.75 bits per heavy atom. The van der Waals surface area contributed by atoms with E-state index in [1.807, 2.05) is 0 Å². The first-order chi connectivity index (χ1) is 7.72. The van der Waals surface area contributed by atoms with Gasteiger partial charge in [0.05, 0.1) is 14.2 Å². The Hall–Kier alpha value is -1.56. The summed E-state index contributed by atoms with van der Waals surface area (Å²) in [6.45, 7) is 0. The van der Waals surface area contributed by atoms with E-state index in [-0.39, 0.29) is 0 Å². The molecule has 2 rings (SSSR count). The van der Waals surface area contributed by atoms with Crippen LogP contribution in [0.2, 0.25) is 0 Å². The van der Waals surface area contributed by atoms with Gasteiger partial charge >= 0.3 is 0 Å². The highest BCUT2D eigenvalue weighted by molar-refractivity contribution is 9.10. The van der Waals surface area contributed by atoms with Gasteiger partial charge < -0.3 is 14.0 Å². The second kappa shape index (κ2) is 4.52. The quantitative estimate of drug-likeness (QED) is 0.867. The van der Waals surface area contributed by atoms with E-state index in [0.717, 1.165) is 5.56 Å². The van der Waals surface area contributed by atoms with Crippen molar-refractivity contribution < 1.29 is 14.0 Å². The highest BCUT2D eigenvalue weighted by atomic mass is 79.9. The maximum Gasteiger partial charge on any atom is 0.258 e. The minimum atomic E-state index is 0.407. The van der Waals surface area contributed by atoms with Gasteiger partial charge in [0.15, 0.2) is 0 Å².